The van der Waals surface area contributed by atoms with Crippen LogP contribution in [-0.2, 0) is 19.1 Å². The first kappa shape index (κ1) is 38.0. The van der Waals surface area contributed by atoms with Crippen LogP contribution in [0.5, 0.6) is 0 Å². The highest BCUT2D eigenvalue weighted by molar-refractivity contribution is 5.69. The minimum atomic E-state index is -0.989. The zero-order valence-electron chi connectivity index (χ0n) is 26.0. The van der Waals surface area contributed by atoms with E-state index in [0.717, 1.165) is 64.2 Å². The van der Waals surface area contributed by atoms with E-state index in [1.807, 2.05) is 0 Å². The number of ether oxygens (including phenoxy) is 2. The van der Waals surface area contributed by atoms with Crippen molar-refractivity contribution in [3.05, 3.63) is 0 Å². The van der Waals surface area contributed by atoms with E-state index in [4.69, 9.17) is 9.47 Å². The van der Waals surface area contributed by atoms with E-state index in [1.165, 1.54) is 77.0 Å². The normalized spacial score (nSPS) is 10.5. The largest absolute Gasteiger partial charge is 0.463 e. The highest BCUT2D eigenvalue weighted by Gasteiger charge is 2.12. The summed E-state index contributed by atoms with van der Waals surface area (Å²) in [6.45, 7) is 4.18. The standard InChI is InChI=1S/C35H60O5/c1-3-5-7-9-11-13-15-17-19-21-23-25-27-29-34(37)39-31-33(36)32-40-35(38)30-28-26-24-22-20-18-16-14-12-10-8-6-4-2/h33,36H,3-16,21-32H2,1-2H3. The summed E-state index contributed by atoms with van der Waals surface area (Å²) in [4.78, 5) is 23.7. The molecular weight excluding hydrogens is 500 g/mol. The lowest BCUT2D eigenvalue weighted by molar-refractivity contribution is -0.152. The molecule has 40 heavy (non-hydrogen) atoms. The summed E-state index contributed by atoms with van der Waals surface area (Å²) in [5, 5.41) is 9.93. The predicted octanol–water partition coefficient (Wildman–Crippen LogP) is 8.84. The lowest BCUT2D eigenvalue weighted by Crippen LogP contribution is -2.25. The van der Waals surface area contributed by atoms with Crippen LogP contribution >= 0.6 is 0 Å². The smallest absolute Gasteiger partial charge is 0.305 e. The molecule has 0 amide bonds. The van der Waals surface area contributed by atoms with Gasteiger partial charge in [-0.3, -0.25) is 9.59 Å². The van der Waals surface area contributed by atoms with Crippen molar-refractivity contribution in [2.45, 2.75) is 174 Å². The second-order valence-electron chi connectivity index (χ2n) is 10.9. The summed E-state index contributed by atoms with van der Waals surface area (Å²) in [6.07, 6.45) is 24.3. The molecule has 0 saturated carbocycles. The van der Waals surface area contributed by atoms with Crippen molar-refractivity contribution in [3.63, 3.8) is 0 Å². The van der Waals surface area contributed by atoms with Crippen molar-refractivity contribution < 1.29 is 24.2 Å². The fourth-order valence-electron chi connectivity index (χ4n) is 4.23. The Morgan fingerprint density at radius 1 is 0.500 bits per heavy atom. The van der Waals surface area contributed by atoms with Crippen molar-refractivity contribution in [2.24, 2.45) is 0 Å². The van der Waals surface area contributed by atoms with Crippen LogP contribution in [0.25, 0.3) is 0 Å². The fourth-order valence-corrected chi connectivity index (χ4v) is 4.23. The molecule has 0 radical (unpaired) electrons. The highest BCUT2D eigenvalue weighted by Crippen LogP contribution is 2.09. The van der Waals surface area contributed by atoms with Gasteiger partial charge < -0.3 is 14.6 Å². The molecule has 0 spiro atoms. The quantitative estimate of drug-likeness (QED) is 0.0650. The van der Waals surface area contributed by atoms with Crippen LogP contribution in [0.4, 0.5) is 0 Å². The molecule has 5 heteroatoms. The number of hydrogen-bond acceptors (Lipinski definition) is 5. The molecular formula is C35H60O5. The second-order valence-corrected chi connectivity index (χ2v) is 10.9. The van der Waals surface area contributed by atoms with E-state index >= 15 is 0 Å². The van der Waals surface area contributed by atoms with Crippen LogP contribution < -0.4 is 0 Å². The number of unbranched alkanes of at least 4 members (excludes halogenated alkanes) is 18. The Morgan fingerprint density at radius 2 is 0.800 bits per heavy atom. The third kappa shape index (κ3) is 30.6. The van der Waals surface area contributed by atoms with Crippen LogP contribution in [0.1, 0.15) is 168 Å². The average Bonchev–Trinajstić information content (AvgIpc) is 2.95. The molecule has 0 aromatic heterocycles. The number of carbonyl (C=O) groups excluding carboxylic acids is 2. The van der Waals surface area contributed by atoms with Crippen LogP contribution in [0.2, 0.25) is 0 Å². The lowest BCUT2D eigenvalue weighted by Gasteiger charge is -2.12. The van der Waals surface area contributed by atoms with E-state index in [0.29, 0.717) is 12.8 Å². The maximum Gasteiger partial charge on any atom is 0.305 e. The summed E-state index contributed by atoms with van der Waals surface area (Å²) in [7, 11) is 0. The van der Waals surface area contributed by atoms with Crippen LogP contribution in [-0.4, -0.2) is 36.4 Å². The number of carbonyl (C=O) groups is 2. The third-order valence-corrected chi connectivity index (χ3v) is 6.80. The van der Waals surface area contributed by atoms with E-state index in [-0.39, 0.29) is 25.2 Å². The summed E-state index contributed by atoms with van der Waals surface area (Å²) in [6, 6.07) is 0. The number of aliphatic hydroxyl groups excluding tert-OH is 1. The van der Waals surface area contributed by atoms with Gasteiger partial charge in [0.15, 0.2) is 0 Å². The molecule has 0 aliphatic heterocycles. The molecule has 0 fully saturated rings. The topological polar surface area (TPSA) is 72.8 Å². The van der Waals surface area contributed by atoms with Crippen LogP contribution in [0.3, 0.4) is 0 Å². The maximum atomic E-state index is 11.9. The Kier molecular flexibility index (Phi) is 30.0. The molecule has 5 nitrogen and oxygen atoms in total. The van der Waals surface area contributed by atoms with Gasteiger partial charge in [-0.15, -0.1) is 23.7 Å². The molecule has 230 valence electrons. The van der Waals surface area contributed by atoms with Gasteiger partial charge in [-0.1, -0.05) is 90.9 Å². The van der Waals surface area contributed by atoms with Gasteiger partial charge in [-0.2, -0.15) is 0 Å². The summed E-state index contributed by atoms with van der Waals surface area (Å²) in [5.74, 6) is 12.3. The second kappa shape index (κ2) is 31.5. The lowest BCUT2D eigenvalue weighted by atomic mass is 10.1. The van der Waals surface area contributed by atoms with Gasteiger partial charge >= 0.3 is 11.9 Å². The first-order chi connectivity index (χ1) is 19.6. The SMILES string of the molecule is CCCCCCCCC#CCCCCCC(=O)OCC(O)COC(=O)CCCCCC#CCCCCCCCC. The monoisotopic (exact) mass is 560 g/mol. The molecule has 0 saturated heterocycles. The number of hydrogen-bond donors (Lipinski definition) is 1. The molecule has 0 heterocycles. The van der Waals surface area contributed by atoms with Crippen LogP contribution in [0.15, 0.2) is 0 Å². The van der Waals surface area contributed by atoms with Gasteiger partial charge in [0, 0.05) is 38.5 Å². The molecule has 0 rings (SSSR count). The average molecular weight is 561 g/mol. The van der Waals surface area contributed by atoms with Crippen LogP contribution in [0, 0.1) is 23.7 Å². The van der Waals surface area contributed by atoms with E-state index in [9.17, 15) is 14.7 Å². The van der Waals surface area contributed by atoms with Gasteiger partial charge in [-0.25, -0.2) is 0 Å². The van der Waals surface area contributed by atoms with Crippen molar-refractivity contribution in [1.29, 1.82) is 0 Å². The minimum Gasteiger partial charge on any atom is -0.463 e. The van der Waals surface area contributed by atoms with E-state index in [1.54, 1.807) is 0 Å². The van der Waals surface area contributed by atoms with Crippen molar-refractivity contribution in [3.8, 4) is 23.7 Å². The van der Waals surface area contributed by atoms with Gasteiger partial charge in [-0.05, 0) is 38.5 Å². The Bertz CT molecular complexity index is 649. The van der Waals surface area contributed by atoms with Gasteiger partial charge in [0.05, 0.1) is 0 Å². The maximum absolute atomic E-state index is 11.9. The molecule has 0 aliphatic rings. The Morgan fingerprint density at radius 3 is 1.15 bits per heavy atom. The molecule has 0 aliphatic carbocycles. The summed E-state index contributed by atoms with van der Waals surface area (Å²) in [5.41, 5.74) is 0. The predicted molar refractivity (Wildman–Crippen MR) is 166 cm³/mol. The fraction of sp³-hybridized carbons (Fsp3) is 0.829. The van der Waals surface area contributed by atoms with Crippen molar-refractivity contribution in [2.75, 3.05) is 13.2 Å². The zero-order valence-corrected chi connectivity index (χ0v) is 26.0. The number of rotatable bonds is 26. The Hall–Kier alpha value is -1.98. The highest BCUT2D eigenvalue weighted by atomic mass is 16.6. The Balaban J connectivity index is 3.52. The minimum absolute atomic E-state index is 0.145. The molecule has 0 atom stereocenters. The van der Waals surface area contributed by atoms with Crippen molar-refractivity contribution >= 4 is 11.9 Å². The molecule has 0 unspecified atom stereocenters. The van der Waals surface area contributed by atoms with Gasteiger partial charge in [0.1, 0.15) is 19.3 Å². The third-order valence-electron chi connectivity index (χ3n) is 6.80. The van der Waals surface area contributed by atoms with E-state index in [2.05, 4.69) is 37.5 Å². The zero-order chi connectivity index (χ0) is 29.4. The number of esters is 2. The Labute approximate surface area is 246 Å². The van der Waals surface area contributed by atoms with E-state index < -0.39 is 6.10 Å². The van der Waals surface area contributed by atoms with Gasteiger partial charge in [0.2, 0.25) is 0 Å². The van der Waals surface area contributed by atoms with Crippen molar-refractivity contribution in [1.82, 2.24) is 0 Å². The molecule has 0 aromatic carbocycles. The summed E-state index contributed by atoms with van der Waals surface area (Å²) >= 11 is 0. The van der Waals surface area contributed by atoms with Gasteiger partial charge in [0.25, 0.3) is 0 Å². The molecule has 0 aromatic rings. The first-order valence-corrected chi connectivity index (χ1v) is 16.5. The first-order valence-electron chi connectivity index (χ1n) is 16.5. The molecule has 0 bridgehead atoms. The number of aliphatic hydroxyl groups is 1. The molecule has 1 N–H and O–H groups in total. The summed E-state index contributed by atoms with van der Waals surface area (Å²) < 4.78 is 10.2.